The average molecular weight is 523 g/mol. The Bertz CT molecular complexity index is 1250. The standard InChI is InChI=1S/C28H27ClN2O6/c1-36-23-12-10-19(11-13-23)15-30(17-25(33)34)28(35)27-26(21-7-3-2-4-8-21)31(24(32)18-37-27)16-20-6-5-9-22(29)14-20/h2-14,26-27H,15-18H2,1H3,(H,33,34)/t26-,27+/m1/s1. The molecule has 1 N–H and O–H groups in total. The minimum absolute atomic E-state index is 0.0543. The number of halogens is 1. The molecule has 9 heteroatoms. The number of carboxylic acid groups (broad SMARTS) is 1. The van der Waals surface area contributed by atoms with Crippen LogP contribution in [0.25, 0.3) is 0 Å². The summed E-state index contributed by atoms with van der Waals surface area (Å²) in [5.41, 5.74) is 2.24. The molecular formula is C28H27ClN2O6. The third-order valence-corrected chi connectivity index (χ3v) is 6.36. The Morgan fingerprint density at radius 1 is 1.05 bits per heavy atom. The quantitative estimate of drug-likeness (QED) is 0.457. The molecule has 1 fully saturated rings. The van der Waals surface area contributed by atoms with Crippen molar-refractivity contribution in [2.24, 2.45) is 0 Å². The molecule has 192 valence electrons. The number of aliphatic carboxylic acids is 1. The number of hydrogen-bond donors (Lipinski definition) is 1. The van der Waals surface area contributed by atoms with Crippen molar-refractivity contribution in [3.8, 4) is 5.75 Å². The molecule has 8 nitrogen and oxygen atoms in total. The SMILES string of the molecule is COc1ccc(CN(CC(=O)O)C(=O)[C@H]2OCC(=O)N(Cc3cccc(Cl)c3)[C@@H]2c2ccccc2)cc1. The topological polar surface area (TPSA) is 96.4 Å². The Hall–Kier alpha value is -3.88. The predicted octanol–water partition coefficient (Wildman–Crippen LogP) is 3.93. The first kappa shape index (κ1) is 26.2. The number of nitrogens with zero attached hydrogens (tertiary/aromatic N) is 2. The van der Waals surface area contributed by atoms with Crippen LogP contribution in [0.2, 0.25) is 5.02 Å². The van der Waals surface area contributed by atoms with Crippen LogP contribution in [-0.2, 0) is 32.2 Å². The summed E-state index contributed by atoms with van der Waals surface area (Å²) >= 11 is 6.17. The number of ether oxygens (including phenoxy) is 2. The fraction of sp³-hybridized carbons (Fsp3) is 0.250. The molecule has 3 aromatic carbocycles. The molecular weight excluding hydrogens is 496 g/mol. The molecule has 0 radical (unpaired) electrons. The number of benzene rings is 3. The minimum atomic E-state index is -1.15. The summed E-state index contributed by atoms with van der Waals surface area (Å²) in [7, 11) is 1.55. The van der Waals surface area contributed by atoms with Gasteiger partial charge in [-0.3, -0.25) is 14.4 Å². The van der Waals surface area contributed by atoms with Crippen LogP contribution in [0.5, 0.6) is 5.75 Å². The molecule has 1 heterocycles. The van der Waals surface area contributed by atoms with Gasteiger partial charge in [0, 0.05) is 18.1 Å². The third kappa shape index (κ3) is 6.47. The van der Waals surface area contributed by atoms with Crippen LogP contribution in [0.15, 0.2) is 78.9 Å². The normalized spacial score (nSPS) is 17.4. The van der Waals surface area contributed by atoms with E-state index >= 15 is 0 Å². The average Bonchev–Trinajstić information content (AvgIpc) is 2.89. The summed E-state index contributed by atoms with van der Waals surface area (Å²) in [4.78, 5) is 41.5. The van der Waals surface area contributed by atoms with Crippen molar-refractivity contribution in [1.29, 1.82) is 0 Å². The zero-order chi connectivity index (χ0) is 26.4. The number of rotatable bonds is 9. The zero-order valence-electron chi connectivity index (χ0n) is 20.2. The number of carboxylic acids is 1. The van der Waals surface area contributed by atoms with E-state index in [-0.39, 0.29) is 25.6 Å². The van der Waals surface area contributed by atoms with Gasteiger partial charge in [-0.2, -0.15) is 0 Å². The second-order valence-electron chi connectivity index (χ2n) is 8.67. The molecule has 1 aliphatic rings. The molecule has 3 aromatic rings. The molecule has 0 aromatic heterocycles. The van der Waals surface area contributed by atoms with Crippen molar-refractivity contribution < 1.29 is 29.0 Å². The van der Waals surface area contributed by atoms with Crippen LogP contribution >= 0.6 is 11.6 Å². The van der Waals surface area contributed by atoms with Gasteiger partial charge in [0.25, 0.3) is 5.91 Å². The van der Waals surface area contributed by atoms with Gasteiger partial charge < -0.3 is 24.4 Å². The van der Waals surface area contributed by atoms with Gasteiger partial charge in [0.15, 0.2) is 6.10 Å². The highest BCUT2D eigenvalue weighted by Crippen LogP contribution is 2.33. The summed E-state index contributed by atoms with van der Waals surface area (Å²) in [6, 6.07) is 22.6. The van der Waals surface area contributed by atoms with Gasteiger partial charge in [0.05, 0.1) is 13.2 Å². The maximum absolute atomic E-state index is 13.9. The van der Waals surface area contributed by atoms with Crippen molar-refractivity contribution in [1.82, 2.24) is 9.80 Å². The third-order valence-electron chi connectivity index (χ3n) is 6.13. The van der Waals surface area contributed by atoms with E-state index in [0.717, 1.165) is 11.1 Å². The van der Waals surface area contributed by atoms with Gasteiger partial charge >= 0.3 is 5.97 Å². The minimum Gasteiger partial charge on any atom is -0.497 e. The van der Waals surface area contributed by atoms with E-state index < -0.39 is 30.6 Å². The van der Waals surface area contributed by atoms with Crippen LogP contribution in [-0.4, -0.2) is 59.1 Å². The smallest absolute Gasteiger partial charge is 0.323 e. The fourth-order valence-corrected chi connectivity index (χ4v) is 4.60. The van der Waals surface area contributed by atoms with Gasteiger partial charge in [-0.05, 0) is 41.0 Å². The second kappa shape index (κ2) is 11.9. The molecule has 2 atom stereocenters. The Morgan fingerprint density at radius 2 is 1.78 bits per heavy atom. The molecule has 2 amide bonds. The van der Waals surface area contributed by atoms with Crippen LogP contribution < -0.4 is 4.74 Å². The first-order chi connectivity index (χ1) is 17.9. The van der Waals surface area contributed by atoms with Crippen molar-refractivity contribution in [3.63, 3.8) is 0 Å². The van der Waals surface area contributed by atoms with Crippen LogP contribution in [0.1, 0.15) is 22.7 Å². The Balaban J connectivity index is 1.67. The van der Waals surface area contributed by atoms with Gasteiger partial charge in [-0.25, -0.2) is 0 Å². The Kier molecular flexibility index (Phi) is 8.43. The highest BCUT2D eigenvalue weighted by Gasteiger charge is 2.43. The van der Waals surface area contributed by atoms with E-state index in [1.165, 1.54) is 4.90 Å². The van der Waals surface area contributed by atoms with Crippen LogP contribution in [0.4, 0.5) is 0 Å². The van der Waals surface area contributed by atoms with Crippen LogP contribution in [0.3, 0.4) is 0 Å². The lowest BCUT2D eigenvalue weighted by Crippen LogP contribution is -2.55. The molecule has 37 heavy (non-hydrogen) atoms. The van der Waals surface area contributed by atoms with Gasteiger partial charge in [-0.15, -0.1) is 0 Å². The number of methoxy groups -OCH3 is 1. The summed E-state index contributed by atoms with van der Waals surface area (Å²) in [5, 5.41) is 10.1. The zero-order valence-corrected chi connectivity index (χ0v) is 21.0. The van der Waals surface area contributed by atoms with Gasteiger partial charge in [-0.1, -0.05) is 66.2 Å². The number of hydrogen-bond acceptors (Lipinski definition) is 5. The first-order valence-electron chi connectivity index (χ1n) is 11.7. The number of carbonyl (C=O) groups excluding carboxylic acids is 2. The van der Waals surface area contributed by atoms with Crippen molar-refractivity contribution in [3.05, 3.63) is 101 Å². The first-order valence-corrected chi connectivity index (χ1v) is 12.1. The van der Waals surface area contributed by atoms with Crippen molar-refractivity contribution in [2.45, 2.75) is 25.2 Å². The molecule has 0 spiro atoms. The predicted molar refractivity (Wildman–Crippen MR) is 137 cm³/mol. The monoisotopic (exact) mass is 522 g/mol. The van der Waals surface area contributed by atoms with Gasteiger partial charge in [0.1, 0.15) is 18.9 Å². The van der Waals surface area contributed by atoms with Gasteiger partial charge in [0.2, 0.25) is 5.91 Å². The number of carbonyl (C=O) groups is 3. The molecule has 0 bridgehead atoms. The maximum Gasteiger partial charge on any atom is 0.323 e. The van der Waals surface area contributed by atoms with Crippen molar-refractivity contribution >= 4 is 29.4 Å². The van der Waals surface area contributed by atoms with E-state index in [1.54, 1.807) is 54.5 Å². The van der Waals surface area contributed by atoms with E-state index in [4.69, 9.17) is 21.1 Å². The molecule has 0 unspecified atom stereocenters. The molecule has 1 aliphatic heterocycles. The van der Waals surface area contributed by atoms with E-state index in [0.29, 0.717) is 16.3 Å². The molecule has 0 aliphatic carbocycles. The van der Waals surface area contributed by atoms with Crippen molar-refractivity contribution in [2.75, 3.05) is 20.3 Å². The summed E-state index contributed by atoms with van der Waals surface area (Å²) < 4.78 is 11.0. The largest absolute Gasteiger partial charge is 0.497 e. The molecule has 1 saturated heterocycles. The molecule has 0 saturated carbocycles. The molecule has 4 rings (SSSR count). The summed E-state index contributed by atoms with van der Waals surface area (Å²) in [5.74, 6) is -1.30. The highest BCUT2D eigenvalue weighted by molar-refractivity contribution is 6.30. The van der Waals surface area contributed by atoms with E-state index in [1.807, 2.05) is 36.4 Å². The lowest BCUT2D eigenvalue weighted by Gasteiger charge is -2.42. The van der Waals surface area contributed by atoms with E-state index in [9.17, 15) is 19.5 Å². The van der Waals surface area contributed by atoms with E-state index in [2.05, 4.69) is 0 Å². The lowest BCUT2D eigenvalue weighted by atomic mass is 9.95. The summed E-state index contributed by atoms with van der Waals surface area (Å²) in [6.45, 7) is -0.555. The number of amides is 2. The Labute approximate surface area is 220 Å². The van der Waals surface area contributed by atoms with Crippen LogP contribution in [0, 0.1) is 0 Å². The maximum atomic E-state index is 13.9. The second-order valence-corrected chi connectivity index (χ2v) is 9.11. The summed E-state index contributed by atoms with van der Waals surface area (Å²) in [6.07, 6.45) is -1.10. The fourth-order valence-electron chi connectivity index (χ4n) is 4.39. The lowest BCUT2D eigenvalue weighted by molar-refractivity contribution is -0.172. The number of morpholine rings is 1. The highest BCUT2D eigenvalue weighted by atomic mass is 35.5. The Morgan fingerprint density at radius 3 is 2.43 bits per heavy atom.